The molecule has 2 N–H and O–H groups in total. The van der Waals surface area contributed by atoms with Crippen molar-refractivity contribution in [1.29, 1.82) is 0 Å². The molecule has 0 aromatic carbocycles. The first-order valence-electron chi connectivity index (χ1n) is 8.34. The van der Waals surface area contributed by atoms with Crippen LogP contribution in [0.4, 0.5) is 0 Å². The van der Waals surface area contributed by atoms with Crippen LogP contribution in [-0.4, -0.2) is 37.0 Å². The minimum Gasteiger partial charge on any atom is -0.352 e. The SMILES string of the molecule is Cc1cn(CCCNC(=O)c2ccnc3[nH]c(-c4ccsc4)nc23)cn1. The highest BCUT2D eigenvalue weighted by Crippen LogP contribution is 2.23. The number of hydrogen-bond donors (Lipinski definition) is 2. The Morgan fingerprint density at radius 3 is 3.04 bits per heavy atom. The van der Waals surface area contributed by atoms with Crippen molar-refractivity contribution in [3.05, 3.63) is 52.9 Å². The molecule has 0 saturated carbocycles. The molecule has 0 fully saturated rings. The van der Waals surface area contributed by atoms with E-state index in [1.54, 1.807) is 29.9 Å². The van der Waals surface area contributed by atoms with Crippen molar-refractivity contribution in [3.63, 3.8) is 0 Å². The zero-order chi connectivity index (χ0) is 17.9. The summed E-state index contributed by atoms with van der Waals surface area (Å²) < 4.78 is 2.02. The van der Waals surface area contributed by atoms with Gasteiger partial charge in [-0.2, -0.15) is 11.3 Å². The number of nitrogens with one attached hydrogen (secondary N) is 2. The van der Waals surface area contributed by atoms with Crippen molar-refractivity contribution in [1.82, 2.24) is 29.8 Å². The minimum absolute atomic E-state index is 0.136. The van der Waals surface area contributed by atoms with Gasteiger partial charge in [0.25, 0.3) is 5.91 Å². The van der Waals surface area contributed by atoms with Crippen LogP contribution in [0.3, 0.4) is 0 Å². The number of fused-ring (bicyclic) bond motifs is 1. The number of carbonyl (C=O) groups excluding carboxylic acids is 1. The van der Waals surface area contributed by atoms with Gasteiger partial charge in [-0.25, -0.2) is 15.0 Å². The number of amides is 1. The Morgan fingerprint density at radius 2 is 2.27 bits per heavy atom. The number of nitrogens with zero attached hydrogens (tertiary/aromatic N) is 4. The second kappa shape index (κ2) is 7.09. The van der Waals surface area contributed by atoms with Crippen LogP contribution in [0.1, 0.15) is 22.5 Å². The monoisotopic (exact) mass is 366 g/mol. The normalized spacial score (nSPS) is 11.1. The molecule has 0 radical (unpaired) electrons. The summed E-state index contributed by atoms with van der Waals surface area (Å²) in [5.41, 5.74) is 3.73. The van der Waals surface area contributed by atoms with Gasteiger partial charge in [0.1, 0.15) is 11.3 Å². The Labute approximate surface area is 154 Å². The smallest absolute Gasteiger partial charge is 0.253 e. The number of hydrogen-bond acceptors (Lipinski definition) is 5. The second-order valence-electron chi connectivity index (χ2n) is 6.02. The van der Waals surface area contributed by atoms with Gasteiger partial charge in [0, 0.05) is 36.4 Å². The van der Waals surface area contributed by atoms with Crippen molar-refractivity contribution in [2.75, 3.05) is 6.54 Å². The molecule has 0 spiro atoms. The van der Waals surface area contributed by atoms with Gasteiger partial charge >= 0.3 is 0 Å². The fraction of sp³-hybridized carbons (Fsp3) is 0.222. The van der Waals surface area contributed by atoms with E-state index >= 15 is 0 Å². The lowest BCUT2D eigenvalue weighted by atomic mass is 10.2. The van der Waals surface area contributed by atoms with Gasteiger partial charge in [0.2, 0.25) is 0 Å². The van der Waals surface area contributed by atoms with E-state index in [1.807, 2.05) is 34.5 Å². The largest absolute Gasteiger partial charge is 0.352 e. The van der Waals surface area contributed by atoms with E-state index in [0.717, 1.165) is 30.0 Å². The van der Waals surface area contributed by atoms with Crippen LogP contribution in [0, 0.1) is 6.92 Å². The highest BCUT2D eigenvalue weighted by molar-refractivity contribution is 7.08. The Bertz CT molecular complexity index is 1030. The number of pyridine rings is 1. The molecule has 0 bridgehead atoms. The third-order valence-electron chi connectivity index (χ3n) is 4.06. The van der Waals surface area contributed by atoms with Crippen LogP contribution < -0.4 is 5.32 Å². The van der Waals surface area contributed by atoms with Gasteiger partial charge in [-0.05, 0) is 30.9 Å². The number of carbonyl (C=O) groups is 1. The summed E-state index contributed by atoms with van der Waals surface area (Å²) >= 11 is 1.60. The van der Waals surface area contributed by atoms with Gasteiger partial charge in [-0.1, -0.05) is 0 Å². The molecule has 0 unspecified atom stereocenters. The lowest BCUT2D eigenvalue weighted by molar-refractivity contribution is 0.0954. The third-order valence-corrected chi connectivity index (χ3v) is 4.75. The van der Waals surface area contributed by atoms with E-state index in [9.17, 15) is 4.79 Å². The zero-order valence-electron chi connectivity index (χ0n) is 14.3. The number of aromatic amines is 1. The van der Waals surface area contributed by atoms with Gasteiger partial charge in [0.05, 0.1) is 17.6 Å². The Kier molecular flexibility index (Phi) is 4.49. The lowest BCUT2D eigenvalue weighted by Crippen LogP contribution is -2.25. The van der Waals surface area contributed by atoms with E-state index in [0.29, 0.717) is 23.3 Å². The first kappa shape index (κ1) is 16.5. The van der Waals surface area contributed by atoms with Gasteiger partial charge in [0.15, 0.2) is 5.65 Å². The van der Waals surface area contributed by atoms with Crippen molar-refractivity contribution in [2.45, 2.75) is 19.9 Å². The molecule has 132 valence electrons. The molecule has 0 saturated heterocycles. The van der Waals surface area contributed by atoms with Gasteiger partial charge < -0.3 is 14.9 Å². The van der Waals surface area contributed by atoms with Crippen LogP contribution in [0.25, 0.3) is 22.6 Å². The molecule has 4 aromatic heterocycles. The topological polar surface area (TPSA) is 88.5 Å². The summed E-state index contributed by atoms with van der Waals surface area (Å²) in [6.45, 7) is 3.36. The van der Waals surface area contributed by atoms with Crippen LogP contribution in [0.15, 0.2) is 41.6 Å². The van der Waals surface area contributed by atoms with E-state index in [-0.39, 0.29) is 5.91 Å². The molecule has 4 rings (SSSR count). The molecule has 0 aliphatic rings. The number of H-pyrrole nitrogens is 1. The number of aryl methyl sites for hydroxylation is 2. The third kappa shape index (κ3) is 3.36. The van der Waals surface area contributed by atoms with Crippen molar-refractivity contribution in [3.8, 4) is 11.4 Å². The van der Waals surface area contributed by atoms with Crippen molar-refractivity contribution >= 4 is 28.4 Å². The van der Waals surface area contributed by atoms with Crippen LogP contribution in [-0.2, 0) is 6.54 Å². The first-order valence-corrected chi connectivity index (χ1v) is 9.29. The Hall–Kier alpha value is -3.00. The molecule has 26 heavy (non-hydrogen) atoms. The van der Waals surface area contributed by atoms with Crippen molar-refractivity contribution in [2.24, 2.45) is 0 Å². The zero-order valence-corrected chi connectivity index (χ0v) is 15.1. The molecular formula is C18H18N6OS. The predicted octanol–water partition coefficient (Wildman–Crippen LogP) is 3.01. The highest BCUT2D eigenvalue weighted by Gasteiger charge is 2.15. The van der Waals surface area contributed by atoms with Crippen LogP contribution in [0.5, 0.6) is 0 Å². The fourth-order valence-corrected chi connectivity index (χ4v) is 3.42. The predicted molar refractivity (Wildman–Crippen MR) is 101 cm³/mol. The summed E-state index contributed by atoms with van der Waals surface area (Å²) in [7, 11) is 0. The van der Waals surface area contributed by atoms with Crippen LogP contribution in [0.2, 0.25) is 0 Å². The molecule has 4 aromatic rings. The summed E-state index contributed by atoms with van der Waals surface area (Å²) in [6, 6.07) is 3.69. The summed E-state index contributed by atoms with van der Waals surface area (Å²) in [5, 5.41) is 6.96. The summed E-state index contributed by atoms with van der Waals surface area (Å²) in [4.78, 5) is 28.8. The van der Waals surface area contributed by atoms with Crippen LogP contribution >= 0.6 is 11.3 Å². The van der Waals surface area contributed by atoms with E-state index in [2.05, 4.69) is 25.3 Å². The number of aromatic nitrogens is 5. The summed E-state index contributed by atoms with van der Waals surface area (Å²) in [5.74, 6) is 0.590. The number of imidazole rings is 2. The quantitative estimate of drug-likeness (QED) is 0.514. The average Bonchev–Trinajstić information content (AvgIpc) is 3.37. The number of thiophene rings is 1. The molecule has 8 heteroatoms. The maximum absolute atomic E-state index is 12.6. The standard InChI is InChI=1S/C18H18N6OS/c1-12-9-24(11-21-12)7-2-5-20-18(25)14-3-6-19-17-15(14)22-16(23-17)13-4-8-26-10-13/h3-4,6,8-11H,2,5,7H2,1H3,(H,20,25)(H,19,22,23). The molecule has 1 amide bonds. The highest BCUT2D eigenvalue weighted by atomic mass is 32.1. The van der Waals surface area contributed by atoms with E-state index in [4.69, 9.17) is 0 Å². The Morgan fingerprint density at radius 1 is 1.35 bits per heavy atom. The first-order chi connectivity index (χ1) is 12.7. The molecule has 0 atom stereocenters. The Balaban J connectivity index is 1.44. The molecule has 7 nitrogen and oxygen atoms in total. The van der Waals surface area contributed by atoms with E-state index in [1.165, 1.54) is 0 Å². The lowest BCUT2D eigenvalue weighted by Gasteiger charge is -2.06. The van der Waals surface area contributed by atoms with E-state index < -0.39 is 0 Å². The average molecular weight is 366 g/mol. The number of rotatable bonds is 6. The summed E-state index contributed by atoms with van der Waals surface area (Å²) in [6.07, 6.45) is 6.25. The fourth-order valence-electron chi connectivity index (χ4n) is 2.78. The minimum atomic E-state index is -0.136. The molecule has 0 aliphatic carbocycles. The molecule has 4 heterocycles. The maximum atomic E-state index is 12.6. The molecule has 0 aliphatic heterocycles. The second-order valence-corrected chi connectivity index (χ2v) is 6.80. The van der Waals surface area contributed by atoms with Gasteiger partial charge in [-0.3, -0.25) is 4.79 Å². The van der Waals surface area contributed by atoms with Crippen molar-refractivity contribution < 1.29 is 4.79 Å². The molecular weight excluding hydrogens is 348 g/mol. The van der Waals surface area contributed by atoms with Gasteiger partial charge in [-0.15, -0.1) is 0 Å². The maximum Gasteiger partial charge on any atom is 0.253 e.